The standard InChI is InChI=1S/C13H12BrClN6/c1-6-3-17-9(7(2)10(6)14)5-21-12-8(4-18-21)11(15)19-13(16)20-12/h3-4H,5H2,1-2H3,(H2,16,19,20). The molecule has 0 unspecified atom stereocenters. The molecule has 3 aromatic rings. The van der Waals surface area contributed by atoms with Gasteiger partial charge in [-0.15, -0.1) is 0 Å². The molecular formula is C13H12BrClN6. The maximum atomic E-state index is 6.05. The van der Waals surface area contributed by atoms with Crippen LogP contribution in [0.3, 0.4) is 0 Å². The maximum Gasteiger partial charge on any atom is 0.223 e. The highest BCUT2D eigenvalue weighted by Gasteiger charge is 2.13. The zero-order chi connectivity index (χ0) is 15.1. The Balaban J connectivity index is 2.09. The number of nitrogens with two attached hydrogens (primary N) is 1. The van der Waals surface area contributed by atoms with E-state index in [9.17, 15) is 0 Å². The van der Waals surface area contributed by atoms with Crippen LogP contribution in [0.1, 0.15) is 16.8 Å². The van der Waals surface area contributed by atoms with Gasteiger partial charge in [-0.2, -0.15) is 10.1 Å². The van der Waals surface area contributed by atoms with Crippen molar-refractivity contribution in [1.82, 2.24) is 24.7 Å². The van der Waals surface area contributed by atoms with E-state index in [2.05, 4.69) is 36.0 Å². The molecule has 0 bridgehead atoms. The largest absolute Gasteiger partial charge is 0.368 e. The van der Waals surface area contributed by atoms with Gasteiger partial charge in [0, 0.05) is 10.7 Å². The van der Waals surface area contributed by atoms with Crippen LogP contribution in [-0.2, 0) is 6.54 Å². The normalized spacial score (nSPS) is 11.2. The van der Waals surface area contributed by atoms with Crippen molar-refractivity contribution in [2.45, 2.75) is 20.4 Å². The van der Waals surface area contributed by atoms with E-state index in [0.717, 1.165) is 21.3 Å². The van der Waals surface area contributed by atoms with Crippen LogP contribution in [0.15, 0.2) is 16.9 Å². The summed E-state index contributed by atoms with van der Waals surface area (Å²) in [6.45, 7) is 4.51. The smallest absolute Gasteiger partial charge is 0.223 e. The molecule has 0 aliphatic heterocycles. The van der Waals surface area contributed by atoms with E-state index in [1.54, 1.807) is 10.9 Å². The van der Waals surface area contributed by atoms with E-state index >= 15 is 0 Å². The SMILES string of the molecule is Cc1cnc(Cn2ncc3c(Cl)nc(N)nc32)c(C)c1Br. The fourth-order valence-electron chi connectivity index (χ4n) is 2.10. The molecule has 3 heterocycles. The number of aromatic nitrogens is 5. The summed E-state index contributed by atoms with van der Waals surface area (Å²) in [6, 6.07) is 0. The first-order chi connectivity index (χ1) is 9.97. The van der Waals surface area contributed by atoms with Gasteiger partial charge in [0.25, 0.3) is 0 Å². The number of pyridine rings is 1. The number of halogens is 2. The van der Waals surface area contributed by atoms with Gasteiger partial charge in [0.2, 0.25) is 5.95 Å². The van der Waals surface area contributed by atoms with Gasteiger partial charge in [-0.3, -0.25) is 4.98 Å². The second kappa shape index (κ2) is 5.23. The van der Waals surface area contributed by atoms with Crippen LogP contribution in [-0.4, -0.2) is 24.7 Å². The van der Waals surface area contributed by atoms with Crippen LogP contribution in [0.25, 0.3) is 11.0 Å². The summed E-state index contributed by atoms with van der Waals surface area (Å²) in [4.78, 5) is 12.6. The van der Waals surface area contributed by atoms with Crippen molar-refractivity contribution < 1.29 is 0 Å². The molecular weight excluding hydrogens is 356 g/mol. The lowest BCUT2D eigenvalue weighted by atomic mass is 10.1. The summed E-state index contributed by atoms with van der Waals surface area (Å²) in [6.07, 6.45) is 3.46. The van der Waals surface area contributed by atoms with E-state index < -0.39 is 0 Å². The van der Waals surface area contributed by atoms with E-state index in [-0.39, 0.29) is 5.95 Å². The van der Waals surface area contributed by atoms with Crippen molar-refractivity contribution in [3.63, 3.8) is 0 Å². The molecule has 0 saturated carbocycles. The van der Waals surface area contributed by atoms with Gasteiger partial charge in [0.1, 0.15) is 5.15 Å². The third-order valence-electron chi connectivity index (χ3n) is 3.29. The van der Waals surface area contributed by atoms with Gasteiger partial charge in [-0.05, 0) is 25.0 Å². The molecule has 0 aliphatic carbocycles. The molecule has 21 heavy (non-hydrogen) atoms. The second-order valence-electron chi connectivity index (χ2n) is 4.74. The van der Waals surface area contributed by atoms with E-state index in [1.807, 2.05) is 20.0 Å². The predicted molar refractivity (Wildman–Crippen MR) is 85.3 cm³/mol. The van der Waals surface area contributed by atoms with Crippen molar-refractivity contribution in [2.24, 2.45) is 0 Å². The van der Waals surface area contributed by atoms with Gasteiger partial charge in [-0.25, -0.2) is 9.67 Å². The third-order valence-corrected chi connectivity index (χ3v) is 4.80. The highest BCUT2D eigenvalue weighted by Crippen LogP contribution is 2.24. The monoisotopic (exact) mass is 366 g/mol. The number of rotatable bonds is 2. The number of nitrogens with zero attached hydrogens (tertiary/aromatic N) is 5. The van der Waals surface area contributed by atoms with E-state index in [0.29, 0.717) is 22.7 Å². The average molecular weight is 368 g/mol. The van der Waals surface area contributed by atoms with Gasteiger partial charge in [0.05, 0.1) is 23.8 Å². The van der Waals surface area contributed by atoms with E-state index in [1.165, 1.54) is 0 Å². The van der Waals surface area contributed by atoms with Gasteiger partial charge in [0.15, 0.2) is 5.65 Å². The van der Waals surface area contributed by atoms with Crippen molar-refractivity contribution in [1.29, 1.82) is 0 Å². The Kier molecular flexibility index (Phi) is 3.54. The Morgan fingerprint density at radius 3 is 2.81 bits per heavy atom. The Bertz CT molecular complexity index is 844. The van der Waals surface area contributed by atoms with E-state index in [4.69, 9.17) is 17.3 Å². The number of hydrogen-bond donors (Lipinski definition) is 1. The minimum atomic E-state index is 0.129. The number of nitrogen functional groups attached to an aromatic ring is 1. The molecule has 0 spiro atoms. The molecule has 0 radical (unpaired) electrons. The Morgan fingerprint density at radius 2 is 2.05 bits per heavy atom. The van der Waals surface area contributed by atoms with Crippen LogP contribution < -0.4 is 5.73 Å². The highest BCUT2D eigenvalue weighted by molar-refractivity contribution is 9.10. The quantitative estimate of drug-likeness (QED) is 0.704. The number of aryl methyl sites for hydroxylation is 1. The summed E-state index contributed by atoms with van der Waals surface area (Å²) in [5.74, 6) is 0.129. The molecule has 3 aromatic heterocycles. The van der Waals surface area contributed by atoms with Crippen molar-refractivity contribution in [3.05, 3.63) is 38.8 Å². The Morgan fingerprint density at radius 1 is 1.29 bits per heavy atom. The van der Waals surface area contributed by atoms with Crippen molar-refractivity contribution in [3.8, 4) is 0 Å². The molecule has 0 amide bonds. The fraction of sp³-hybridized carbons (Fsp3) is 0.231. The molecule has 0 aromatic carbocycles. The maximum absolute atomic E-state index is 6.05. The van der Waals surface area contributed by atoms with Crippen LogP contribution >= 0.6 is 27.5 Å². The topological polar surface area (TPSA) is 82.5 Å². The number of hydrogen-bond acceptors (Lipinski definition) is 5. The van der Waals surface area contributed by atoms with Crippen LogP contribution in [0, 0.1) is 13.8 Å². The molecule has 3 rings (SSSR count). The van der Waals surface area contributed by atoms with Crippen LogP contribution in [0.2, 0.25) is 5.15 Å². The minimum absolute atomic E-state index is 0.129. The molecule has 8 heteroatoms. The summed E-state index contributed by atoms with van der Waals surface area (Å²) in [5.41, 5.74) is 9.33. The number of anilines is 1. The lowest BCUT2D eigenvalue weighted by molar-refractivity contribution is 0.684. The van der Waals surface area contributed by atoms with Crippen LogP contribution in [0.5, 0.6) is 0 Å². The number of fused-ring (bicyclic) bond motifs is 1. The fourth-order valence-corrected chi connectivity index (χ4v) is 2.66. The molecule has 2 N–H and O–H groups in total. The van der Waals surface area contributed by atoms with Crippen LogP contribution in [0.4, 0.5) is 5.95 Å². The summed E-state index contributed by atoms with van der Waals surface area (Å²) < 4.78 is 2.77. The molecule has 0 aliphatic rings. The molecule has 6 nitrogen and oxygen atoms in total. The molecule has 0 saturated heterocycles. The first-order valence-electron chi connectivity index (χ1n) is 6.22. The summed E-state index contributed by atoms with van der Waals surface area (Å²) >= 11 is 9.62. The summed E-state index contributed by atoms with van der Waals surface area (Å²) in [7, 11) is 0. The first kappa shape index (κ1) is 14.2. The molecule has 0 atom stereocenters. The predicted octanol–water partition coefficient (Wildman–Crippen LogP) is 2.88. The molecule has 0 fully saturated rings. The Hall–Kier alpha value is -1.73. The lowest BCUT2D eigenvalue weighted by Gasteiger charge is -2.09. The first-order valence-corrected chi connectivity index (χ1v) is 7.39. The lowest BCUT2D eigenvalue weighted by Crippen LogP contribution is -2.08. The van der Waals surface area contributed by atoms with Gasteiger partial charge >= 0.3 is 0 Å². The second-order valence-corrected chi connectivity index (χ2v) is 5.89. The highest BCUT2D eigenvalue weighted by atomic mass is 79.9. The summed E-state index contributed by atoms with van der Waals surface area (Å²) in [5, 5.41) is 5.28. The van der Waals surface area contributed by atoms with Gasteiger partial charge < -0.3 is 5.73 Å². The average Bonchev–Trinajstić information content (AvgIpc) is 2.83. The molecule has 108 valence electrons. The van der Waals surface area contributed by atoms with Crippen molar-refractivity contribution >= 4 is 44.5 Å². The van der Waals surface area contributed by atoms with Gasteiger partial charge in [-0.1, -0.05) is 27.5 Å². The van der Waals surface area contributed by atoms with Crippen molar-refractivity contribution in [2.75, 3.05) is 5.73 Å². The minimum Gasteiger partial charge on any atom is -0.368 e. The third kappa shape index (κ3) is 2.47. The Labute approximate surface area is 134 Å². The zero-order valence-electron chi connectivity index (χ0n) is 11.4. The zero-order valence-corrected chi connectivity index (χ0v) is 13.8.